The molecule has 0 atom stereocenters. The van der Waals surface area contributed by atoms with Crippen molar-refractivity contribution in [2.24, 2.45) is 0 Å². The summed E-state index contributed by atoms with van der Waals surface area (Å²) in [6.07, 6.45) is 1.88. The molecule has 1 aliphatic heterocycles. The first-order valence-electron chi connectivity index (χ1n) is 9.24. The zero-order valence-electron chi connectivity index (χ0n) is 15.1. The molecule has 3 N–H and O–H groups in total. The van der Waals surface area contributed by atoms with Gasteiger partial charge in [-0.2, -0.15) is 0 Å². The number of benzene rings is 2. The molecule has 2 heterocycles. The van der Waals surface area contributed by atoms with E-state index >= 15 is 0 Å². The molecule has 3 aromatic rings. The third kappa shape index (κ3) is 3.08. The van der Waals surface area contributed by atoms with Gasteiger partial charge in [0.15, 0.2) is 5.82 Å². The van der Waals surface area contributed by atoms with Crippen LogP contribution in [0, 0.1) is 11.6 Å². The quantitative estimate of drug-likeness (QED) is 0.533. The van der Waals surface area contributed by atoms with Crippen molar-refractivity contribution in [1.29, 1.82) is 0 Å². The number of H-pyrrole nitrogens is 1. The van der Waals surface area contributed by atoms with Crippen LogP contribution in [0.1, 0.15) is 30.1 Å². The number of aromatic amines is 1. The summed E-state index contributed by atoms with van der Waals surface area (Å²) in [5.74, 6) is -0.405. The van der Waals surface area contributed by atoms with Crippen LogP contribution in [0.25, 0.3) is 10.9 Å². The molecule has 150 valence electrons. The Labute approximate surface area is 174 Å². The lowest BCUT2D eigenvalue weighted by Crippen LogP contribution is -2.62. The molecule has 2 fully saturated rings. The van der Waals surface area contributed by atoms with E-state index in [0.29, 0.717) is 24.6 Å². The van der Waals surface area contributed by atoms with Gasteiger partial charge in [-0.1, -0.05) is 23.2 Å². The second kappa shape index (κ2) is 6.65. The summed E-state index contributed by atoms with van der Waals surface area (Å²) < 4.78 is 29.4. The van der Waals surface area contributed by atoms with Gasteiger partial charge in [0, 0.05) is 30.3 Å². The van der Waals surface area contributed by atoms with E-state index in [1.54, 1.807) is 0 Å². The van der Waals surface area contributed by atoms with E-state index in [1.807, 2.05) is 0 Å². The van der Waals surface area contributed by atoms with Crippen molar-refractivity contribution in [2.45, 2.75) is 24.3 Å². The molecule has 9 heteroatoms. The molecular formula is C20H16Cl2F2N4O. The monoisotopic (exact) mass is 436 g/mol. The number of rotatable bonds is 4. The lowest BCUT2D eigenvalue weighted by atomic mass is 9.83. The fourth-order valence-corrected chi connectivity index (χ4v) is 4.28. The van der Waals surface area contributed by atoms with Gasteiger partial charge in [-0.05, 0) is 37.1 Å². The molecule has 0 unspecified atom stereocenters. The molecule has 0 spiro atoms. The third-order valence-electron chi connectivity index (χ3n) is 5.51. The first-order chi connectivity index (χ1) is 13.9. The number of halogens is 4. The molecule has 0 radical (unpaired) electrons. The summed E-state index contributed by atoms with van der Waals surface area (Å²) >= 11 is 12.4. The van der Waals surface area contributed by atoms with E-state index in [-0.39, 0.29) is 32.4 Å². The fraction of sp³-hybridized carbons (Fsp3) is 0.300. The molecule has 0 bridgehead atoms. The van der Waals surface area contributed by atoms with E-state index in [1.165, 1.54) is 24.3 Å². The first-order valence-corrected chi connectivity index (χ1v) is 10.00. The van der Waals surface area contributed by atoms with Gasteiger partial charge in [-0.15, -0.1) is 0 Å². The number of fused-ring (bicyclic) bond motifs is 1. The minimum atomic E-state index is -0.916. The van der Waals surface area contributed by atoms with Crippen LogP contribution < -0.4 is 16.2 Å². The molecule has 1 aliphatic carbocycles. The van der Waals surface area contributed by atoms with Crippen LogP contribution in [0.2, 0.25) is 10.0 Å². The van der Waals surface area contributed by atoms with Crippen LogP contribution >= 0.6 is 23.2 Å². The summed E-state index contributed by atoms with van der Waals surface area (Å²) in [6, 6.07) is 5.43. The van der Waals surface area contributed by atoms with Gasteiger partial charge in [0.1, 0.15) is 17.2 Å². The van der Waals surface area contributed by atoms with E-state index in [2.05, 4.69) is 20.6 Å². The van der Waals surface area contributed by atoms with Crippen LogP contribution in [-0.4, -0.2) is 23.1 Å². The van der Waals surface area contributed by atoms with E-state index in [0.717, 1.165) is 12.8 Å². The molecule has 2 aromatic carbocycles. The average molecular weight is 437 g/mol. The predicted octanol–water partition coefficient (Wildman–Crippen LogP) is 4.30. The largest absolute Gasteiger partial charge is 0.373 e. The lowest BCUT2D eigenvalue weighted by Gasteiger charge is -2.45. The van der Waals surface area contributed by atoms with Crippen molar-refractivity contribution in [1.82, 2.24) is 15.3 Å². The summed E-state index contributed by atoms with van der Waals surface area (Å²) in [5, 5.41) is 6.71. The molecule has 0 amide bonds. The Morgan fingerprint density at radius 2 is 1.90 bits per heavy atom. The smallest absolute Gasteiger partial charge is 0.258 e. The first kappa shape index (κ1) is 18.8. The highest BCUT2D eigenvalue weighted by Gasteiger charge is 2.43. The van der Waals surface area contributed by atoms with E-state index in [9.17, 15) is 13.6 Å². The van der Waals surface area contributed by atoms with Gasteiger partial charge < -0.3 is 15.6 Å². The summed E-state index contributed by atoms with van der Waals surface area (Å²) in [7, 11) is 0. The molecule has 1 aromatic heterocycles. The Balaban J connectivity index is 1.59. The summed E-state index contributed by atoms with van der Waals surface area (Å²) in [5.41, 5.74) is -0.734. The topological polar surface area (TPSA) is 69.8 Å². The van der Waals surface area contributed by atoms with Crippen molar-refractivity contribution in [2.75, 3.05) is 18.4 Å². The number of nitrogens with one attached hydrogen (secondary N) is 3. The van der Waals surface area contributed by atoms with Gasteiger partial charge >= 0.3 is 0 Å². The Hall–Kier alpha value is -2.22. The van der Waals surface area contributed by atoms with Gasteiger partial charge in [-0.3, -0.25) is 4.79 Å². The van der Waals surface area contributed by atoms with Crippen molar-refractivity contribution >= 4 is 39.8 Å². The minimum Gasteiger partial charge on any atom is -0.373 e. The predicted molar refractivity (Wildman–Crippen MR) is 109 cm³/mol. The maximum absolute atomic E-state index is 14.8. The standard InChI is InChI=1S/C20H16Cl2F2N4O/c21-12-3-4-13(23)15(16(12)22)20(7-25-8-20)28-10-5-11-17(14(24)6-10)26-18(9-1-2-9)27-19(11)29/h3-6,9,25,28H,1-2,7-8H2,(H,26,27,29). The Kier molecular flexibility index (Phi) is 4.31. The van der Waals surface area contributed by atoms with E-state index in [4.69, 9.17) is 23.2 Å². The van der Waals surface area contributed by atoms with Gasteiger partial charge in [0.2, 0.25) is 0 Å². The van der Waals surface area contributed by atoms with Crippen LogP contribution in [0.15, 0.2) is 29.1 Å². The lowest BCUT2D eigenvalue weighted by molar-refractivity contribution is 0.307. The highest BCUT2D eigenvalue weighted by Crippen LogP contribution is 2.41. The number of nitrogens with zero attached hydrogens (tertiary/aromatic N) is 1. The molecule has 1 saturated carbocycles. The van der Waals surface area contributed by atoms with Crippen molar-refractivity contribution in [3.63, 3.8) is 0 Å². The SMILES string of the molecule is O=c1[nH]c(C2CC2)nc2c(F)cc(NC3(c4c(F)ccc(Cl)c4Cl)CNC3)cc12. The number of hydrogen-bond donors (Lipinski definition) is 3. The average Bonchev–Trinajstić information content (AvgIpc) is 3.49. The van der Waals surface area contributed by atoms with Crippen molar-refractivity contribution in [3.8, 4) is 0 Å². The van der Waals surface area contributed by atoms with Gasteiger partial charge in [0.05, 0.1) is 21.0 Å². The van der Waals surface area contributed by atoms with Crippen LogP contribution in [-0.2, 0) is 5.54 Å². The van der Waals surface area contributed by atoms with Crippen LogP contribution in [0.3, 0.4) is 0 Å². The molecule has 5 rings (SSSR count). The minimum absolute atomic E-state index is 0.0361. The molecule has 2 aliphatic rings. The second-order valence-corrected chi connectivity index (χ2v) is 8.39. The van der Waals surface area contributed by atoms with Crippen molar-refractivity contribution in [3.05, 3.63) is 67.7 Å². The highest BCUT2D eigenvalue weighted by molar-refractivity contribution is 6.42. The summed E-state index contributed by atoms with van der Waals surface area (Å²) in [6.45, 7) is 0.720. The summed E-state index contributed by atoms with van der Waals surface area (Å²) in [4.78, 5) is 19.5. The zero-order chi connectivity index (χ0) is 20.3. The van der Waals surface area contributed by atoms with Gasteiger partial charge in [-0.25, -0.2) is 13.8 Å². The zero-order valence-corrected chi connectivity index (χ0v) is 16.6. The maximum Gasteiger partial charge on any atom is 0.258 e. The molecule has 29 heavy (non-hydrogen) atoms. The third-order valence-corrected chi connectivity index (χ3v) is 6.31. The van der Waals surface area contributed by atoms with Crippen LogP contribution in [0.5, 0.6) is 0 Å². The number of anilines is 1. The Morgan fingerprint density at radius 1 is 1.14 bits per heavy atom. The van der Waals surface area contributed by atoms with E-state index < -0.39 is 22.7 Å². The second-order valence-electron chi connectivity index (χ2n) is 7.61. The highest BCUT2D eigenvalue weighted by atomic mass is 35.5. The Bertz CT molecular complexity index is 1210. The normalized spacial score (nSPS) is 17.9. The fourth-order valence-electron chi connectivity index (χ4n) is 3.78. The number of hydrogen-bond acceptors (Lipinski definition) is 4. The van der Waals surface area contributed by atoms with Crippen LogP contribution in [0.4, 0.5) is 14.5 Å². The number of aromatic nitrogens is 2. The molecular weight excluding hydrogens is 421 g/mol. The maximum atomic E-state index is 14.8. The molecule has 5 nitrogen and oxygen atoms in total. The Morgan fingerprint density at radius 3 is 2.55 bits per heavy atom. The van der Waals surface area contributed by atoms with Crippen molar-refractivity contribution < 1.29 is 8.78 Å². The van der Waals surface area contributed by atoms with Gasteiger partial charge in [0.25, 0.3) is 5.56 Å². The molecule has 1 saturated heterocycles.